The average molecular weight is 386 g/mol. The lowest BCUT2D eigenvalue weighted by Gasteiger charge is -2.35. The monoisotopic (exact) mass is 385 g/mol. The molecule has 4 nitrogen and oxygen atoms in total. The minimum absolute atomic E-state index is 0.302. The summed E-state index contributed by atoms with van der Waals surface area (Å²) in [6.45, 7) is 4.36. The highest BCUT2D eigenvalue weighted by Gasteiger charge is 2.28. The summed E-state index contributed by atoms with van der Waals surface area (Å²) in [4.78, 5) is 18.1. The lowest BCUT2D eigenvalue weighted by molar-refractivity contribution is -0.132. The number of aromatic nitrogens is 1. The first-order chi connectivity index (χ1) is 13.2. The van der Waals surface area contributed by atoms with Crippen molar-refractivity contribution in [3.8, 4) is 0 Å². The Morgan fingerprint density at radius 1 is 1.11 bits per heavy atom. The van der Waals surface area contributed by atoms with Crippen LogP contribution in [0.3, 0.4) is 0 Å². The Morgan fingerprint density at radius 2 is 1.93 bits per heavy atom. The zero-order valence-electron chi connectivity index (χ0n) is 16.4. The number of amides is 1. The predicted molar refractivity (Wildman–Crippen MR) is 114 cm³/mol. The second-order valence-electron chi connectivity index (χ2n) is 7.99. The van der Waals surface area contributed by atoms with Gasteiger partial charge in [0.2, 0.25) is 5.91 Å². The molecule has 0 radical (unpaired) electrons. The maximum atomic E-state index is 13.3. The number of nitrogens with zero attached hydrogens (tertiary/aromatic N) is 3. The highest BCUT2D eigenvalue weighted by molar-refractivity contribution is 7.99. The second-order valence-corrected chi connectivity index (χ2v) is 9.14. The summed E-state index contributed by atoms with van der Waals surface area (Å²) in [6, 6.07) is 8.76. The van der Waals surface area contributed by atoms with Gasteiger partial charge in [-0.3, -0.25) is 4.79 Å². The molecule has 146 valence electrons. The molecule has 5 heteroatoms. The van der Waals surface area contributed by atoms with Gasteiger partial charge in [-0.2, -0.15) is 11.8 Å². The number of hydrogen-bond acceptors (Lipinski definition) is 3. The maximum absolute atomic E-state index is 13.3. The summed E-state index contributed by atoms with van der Waals surface area (Å²) in [7, 11) is 2.07. The van der Waals surface area contributed by atoms with Gasteiger partial charge < -0.3 is 14.4 Å². The number of thioether (sulfide) groups is 1. The van der Waals surface area contributed by atoms with Crippen molar-refractivity contribution in [2.45, 2.75) is 38.1 Å². The molecule has 4 rings (SSSR count). The number of piperidine rings is 1. The van der Waals surface area contributed by atoms with Crippen LogP contribution in [0.15, 0.2) is 30.5 Å². The molecule has 0 spiro atoms. The van der Waals surface area contributed by atoms with Crippen molar-refractivity contribution in [1.29, 1.82) is 0 Å². The summed E-state index contributed by atoms with van der Waals surface area (Å²) in [5.74, 6) is 2.56. The number of aryl methyl sites for hydroxylation is 1. The number of hydrogen-bond donors (Lipinski definition) is 0. The van der Waals surface area contributed by atoms with Crippen molar-refractivity contribution >= 4 is 28.6 Å². The summed E-state index contributed by atoms with van der Waals surface area (Å²) >= 11 is 2.02. The van der Waals surface area contributed by atoms with Crippen LogP contribution < -0.4 is 0 Å². The van der Waals surface area contributed by atoms with Crippen LogP contribution in [-0.4, -0.2) is 64.0 Å². The van der Waals surface area contributed by atoms with Crippen LogP contribution >= 0.6 is 11.8 Å². The fraction of sp³-hybridized carbons (Fsp3) is 0.591. The van der Waals surface area contributed by atoms with Crippen LogP contribution in [-0.2, 0) is 18.3 Å². The fourth-order valence-corrected chi connectivity index (χ4v) is 5.64. The van der Waals surface area contributed by atoms with Crippen molar-refractivity contribution in [3.63, 3.8) is 0 Å². The molecule has 2 fully saturated rings. The van der Waals surface area contributed by atoms with E-state index in [4.69, 9.17) is 0 Å². The minimum Gasteiger partial charge on any atom is -0.350 e. The van der Waals surface area contributed by atoms with Gasteiger partial charge in [-0.25, -0.2) is 0 Å². The largest absolute Gasteiger partial charge is 0.350 e. The molecule has 1 unspecified atom stereocenters. The second kappa shape index (κ2) is 8.70. The average Bonchev–Trinajstić information content (AvgIpc) is 2.85. The molecule has 1 atom stereocenters. The predicted octanol–water partition coefficient (Wildman–Crippen LogP) is 3.54. The van der Waals surface area contributed by atoms with Gasteiger partial charge in [0, 0.05) is 43.0 Å². The SMILES string of the molecule is Cn1cc(CC(=O)N2CCCSCC2CN2CCCCC2)c2ccccc21. The van der Waals surface area contributed by atoms with E-state index in [1.54, 1.807) is 0 Å². The van der Waals surface area contributed by atoms with E-state index in [0.717, 1.165) is 30.8 Å². The van der Waals surface area contributed by atoms with Crippen LogP contribution in [0, 0.1) is 0 Å². The topological polar surface area (TPSA) is 28.5 Å². The zero-order valence-corrected chi connectivity index (χ0v) is 17.2. The molecule has 1 aromatic carbocycles. The van der Waals surface area contributed by atoms with Gasteiger partial charge in [-0.1, -0.05) is 24.6 Å². The number of benzene rings is 1. The van der Waals surface area contributed by atoms with E-state index in [0.29, 0.717) is 18.4 Å². The Bertz CT molecular complexity index is 781. The standard InChI is InChI=1S/C22H31N3OS/c1-23-15-18(20-8-3-4-9-21(20)23)14-22(26)25-12-7-13-27-17-19(25)16-24-10-5-2-6-11-24/h3-4,8-9,15,19H,2,5-7,10-14,16-17H2,1H3. The lowest BCUT2D eigenvalue weighted by atomic mass is 10.1. The summed E-state index contributed by atoms with van der Waals surface area (Å²) in [5, 5.41) is 1.21. The van der Waals surface area contributed by atoms with Gasteiger partial charge in [0.1, 0.15) is 0 Å². The molecule has 1 amide bonds. The molecule has 0 bridgehead atoms. The molecule has 27 heavy (non-hydrogen) atoms. The Labute approximate surface area is 166 Å². The Hall–Kier alpha value is -1.46. The van der Waals surface area contributed by atoms with E-state index in [9.17, 15) is 4.79 Å². The molecule has 0 aliphatic carbocycles. The van der Waals surface area contributed by atoms with E-state index in [2.05, 4.69) is 51.9 Å². The highest BCUT2D eigenvalue weighted by atomic mass is 32.2. The Balaban J connectivity index is 1.50. The third-order valence-corrected chi connectivity index (χ3v) is 7.20. The van der Waals surface area contributed by atoms with E-state index in [1.807, 2.05) is 11.8 Å². The quantitative estimate of drug-likeness (QED) is 0.806. The third kappa shape index (κ3) is 4.35. The van der Waals surface area contributed by atoms with E-state index < -0.39 is 0 Å². The minimum atomic E-state index is 0.302. The van der Waals surface area contributed by atoms with Crippen molar-refractivity contribution < 1.29 is 4.79 Å². The molecule has 2 saturated heterocycles. The number of carbonyl (C=O) groups excluding carboxylic acids is 1. The molecule has 0 N–H and O–H groups in total. The van der Waals surface area contributed by atoms with Crippen molar-refractivity contribution in [1.82, 2.24) is 14.4 Å². The Kier molecular flexibility index (Phi) is 6.08. The van der Waals surface area contributed by atoms with Gasteiger partial charge in [0.05, 0.1) is 12.5 Å². The first-order valence-electron chi connectivity index (χ1n) is 10.3. The normalized spacial score (nSPS) is 22.1. The van der Waals surface area contributed by atoms with Crippen molar-refractivity contribution in [2.75, 3.05) is 37.7 Å². The van der Waals surface area contributed by atoms with Gasteiger partial charge in [-0.05, 0) is 49.7 Å². The molecule has 2 aromatic rings. The number of likely N-dealkylation sites (tertiary alicyclic amines) is 1. The maximum Gasteiger partial charge on any atom is 0.227 e. The molecule has 2 aliphatic rings. The van der Waals surface area contributed by atoms with E-state index in [-0.39, 0.29) is 0 Å². The van der Waals surface area contributed by atoms with Gasteiger partial charge in [0.15, 0.2) is 0 Å². The molecular weight excluding hydrogens is 354 g/mol. The van der Waals surface area contributed by atoms with E-state index in [1.165, 1.54) is 49.0 Å². The highest BCUT2D eigenvalue weighted by Crippen LogP contribution is 2.24. The van der Waals surface area contributed by atoms with Crippen LogP contribution in [0.1, 0.15) is 31.2 Å². The molecule has 3 heterocycles. The molecule has 1 aromatic heterocycles. The van der Waals surface area contributed by atoms with Gasteiger partial charge >= 0.3 is 0 Å². The molecular formula is C22H31N3OS. The van der Waals surface area contributed by atoms with Crippen LogP contribution in [0.5, 0.6) is 0 Å². The number of para-hydroxylation sites is 1. The van der Waals surface area contributed by atoms with Crippen LogP contribution in [0.2, 0.25) is 0 Å². The first kappa shape index (κ1) is 18.9. The number of fused-ring (bicyclic) bond motifs is 1. The number of rotatable bonds is 4. The third-order valence-electron chi connectivity index (χ3n) is 6.00. The summed E-state index contributed by atoms with van der Waals surface area (Å²) in [6.07, 6.45) is 7.74. The summed E-state index contributed by atoms with van der Waals surface area (Å²) in [5.41, 5.74) is 2.36. The smallest absolute Gasteiger partial charge is 0.227 e. The van der Waals surface area contributed by atoms with Crippen LogP contribution in [0.25, 0.3) is 10.9 Å². The molecule has 2 aliphatic heterocycles. The number of carbonyl (C=O) groups is 1. The van der Waals surface area contributed by atoms with Crippen molar-refractivity contribution in [3.05, 3.63) is 36.0 Å². The first-order valence-corrected chi connectivity index (χ1v) is 11.5. The van der Waals surface area contributed by atoms with Gasteiger partial charge in [-0.15, -0.1) is 0 Å². The lowest BCUT2D eigenvalue weighted by Crippen LogP contribution is -2.49. The fourth-order valence-electron chi connectivity index (χ4n) is 4.58. The van der Waals surface area contributed by atoms with E-state index >= 15 is 0 Å². The van der Waals surface area contributed by atoms with Crippen LogP contribution in [0.4, 0.5) is 0 Å². The Morgan fingerprint density at radius 3 is 2.78 bits per heavy atom. The molecule has 0 saturated carbocycles. The zero-order chi connectivity index (χ0) is 18.6. The summed E-state index contributed by atoms with van der Waals surface area (Å²) < 4.78 is 2.14. The van der Waals surface area contributed by atoms with Gasteiger partial charge in [0.25, 0.3) is 0 Å². The van der Waals surface area contributed by atoms with Crippen molar-refractivity contribution in [2.24, 2.45) is 7.05 Å².